The Balaban J connectivity index is 1.33. The van der Waals surface area contributed by atoms with Crippen LogP contribution in [0.4, 0.5) is 0 Å². The van der Waals surface area contributed by atoms with E-state index in [1.807, 2.05) is 112 Å². The highest BCUT2D eigenvalue weighted by Gasteiger charge is 2.13. The van der Waals surface area contributed by atoms with Crippen LogP contribution in [0.2, 0.25) is 0 Å². The maximum absolute atomic E-state index is 6.27. The van der Waals surface area contributed by atoms with Gasteiger partial charge in [-0.25, -0.2) is 9.97 Å². The molecule has 5 rings (SSSR count). The zero-order valence-corrected chi connectivity index (χ0v) is 21.1. The van der Waals surface area contributed by atoms with Crippen molar-refractivity contribution in [2.45, 2.75) is 26.3 Å². The van der Waals surface area contributed by atoms with Gasteiger partial charge in [0, 0.05) is 16.8 Å². The molecule has 7 nitrogen and oxygen atoms in total. The summed E-state index contributed by atoms with van der Waals surface area (Å²) < 4.78 is 6.07. The predicted octanol–water partition coefficient (Wildman–Crippen LogP) is 2.55. The molecule has 1 aliphatic rings. The van der Waals surface area contributed by atoms with Crippen molar-refractivity contribution in [2.24, 2.45) is 11.5 Å². The zero-order valence-electron chi connectivity index (χ0n) is 21.1. The fourth-order valence-electron chi connectivity index (χ4n) is 4.06. The minimum atomic E-state index is -0.531. The summed E-state index contributed by atoms with van der Waals surface area (Å²) in [6.07, 6.45) is 13.6. The Morgan fingerprint density at radius 2 is 1.57 bits per heavy atom. The molecule has 0 saturated carbocycles. The third-order valence-corrected chi connectivity index (χ3v) is 5.97. The molecule has 0 amide bonds. The minimum Gasteiger partial charge on any atom is -0.457 e. The van der Waals surface area contributed by atoms with Gasteiger partial charge in [-0.3, -0.25) is 0 Å². The van der Waals surface area contributed by atoms with Crippen molar-refractivity contribution >= 4 is 24.3 Å². The molecule has 37 heavy (non-hydrogen) atoms. The Labute approximate surface area is 214 Å². The number of ether oxygens (including phenoxy) is 1. The number of nitrogens with two attached hydrogens (primary N) is 2. The molecular formula is C30H30N6O. The summed E-state index contributed by atoms with van der Waals surface area (Å²) in [5.41, 5.74) is 14.2. The summed E-state index contributed by atoms with van der Waals surface area (Å²) in [4.78, 5) is 16.2. The van der Waals surface area contributed by atoms with Crippen LogP contribution in [0.5, 0.6) is 11.5 Å². The summed E-state index contributed by atoms with van der Waals surface area (Å²) in [5, 5.41) is 3.59. The first-order chi connectivity index (χ1) is 17.8. The smallest absolute Gasteiger partial charge is 0.138 e. The lowest BCUT2D eigenvalue weighted by atomic mass is 10.0. The van der Waals surface area contributed by atoms with Crippen molar-refractivity contribution in [1.82, 2.24) is 19.9 Å². The maximum atomic E-state index is 6.27. The number of aromatic nitrogens is 4. The zero-order chi connectivity index (χ0) is 26.0. The number of nitrogens with zero attached hydrogens (tertiary/aromatic N) is 2. The van der Waals surface area contributed by atoms with Crippen LogP contribution in [0.1, 0.15) is 20.8 Å². The second-order valence-corrected chi connectivity index (χ2v) is 9.32. The van der Waals surface area contributed by atoms with Gasteiger partial charge in [0.1, 0.15) is 23.1 Å². The van der Waals surface area contributed by atoms with Gasteiger partial charge in [0.2, 0.25) is 0 Å². The average molecular weight is 491 g/mol. The largest absolute Gasteiger partial charge is 0.457 e. The summed E-state index contributed by atoms with van der Waals surface area (Å²) in [6, 6.07) is 15.7. The van der Waals surface area contributed by atoms with Crippen LogP contribution in [-0.2, 0) is 0 Å². The van der Waals surface area contributed by atoms with E-state index in [0.29, 0.717) is 0 Å². The van der Waals surface area contributed by atoms with Gasteiger partial charge in [0.15, 0.2) is 0 Å². The van der Waals surface area contributed by atoms with E-state index < -0.39 is 5.54 Å². The molecule has 0 aliphatic heterocycles. The third-order valence-electron chi connectivity index (χ3n) is 5.97. The quantitative estimate of drug-likeness (QED) is 0.343. The fraction of sp³-hybridized carbons (Fsp3) is 0.133. The molecule has 1 atom stereocenters. The topological polar surface area (TPSA) is 119 Å². The number of aromatic amines is 2. The number of nitrogens with one attached hydrogen (secondary N) is 2. The van der Waals surface area contributed by atoms with E-state index in [0.717, 1.165) is 61.4 Å². The third kappa shape index (κ3) is 5.47. The van der Waals surface area contributed by atoms with Gasteiger partial charge in [-0.15, -0.1) is 0 Å². The van der Waals surface area contributed by atoms with E-state index in [2.05, 4.69) is 15.0 Å². The lowest BCUT2D eigenvalue weighted by Gasteiger charge is -2.12. The first-order valence-corrected chi connectivity index (χ1v) is 12.1. The van der Waals surface area contributed by atoms with Crippen LogP contribution >= 0.6 is 0 Å². The summed E-state index contributed by atoms with van der Waals surface area (Å²) >= 11 is 0. The molecule has 0 fully saturated rings. The van der Waals surface area contributed by atoms with Gasteiger partial charge in [-0.1, -0.05) is 18.2 Å². The Hall–Kier alpha value is -4.62. The van der Waals surface area contributed by atoms with Crippen LogP contribution < -0.4 is 37.6 Å². The molecule has 7 heteroatoms. The average Bonchev–Trinajstić information content (AvgIpc) is 3.43. The van der Waals surface area contributed by atoms with Crippen molar-refractivity contribution in [3.63, 3.8) is 0 Å². The Bertz CT molecular complexity index is 1730. The highest BCUT2D eigenvalue weighted by Crippen LogP contribution is 2.25. The van der Waals surface area contributed by atoms with Crippen LogP contribution in [-0.4, -0.2) is 25.5 Å². The molecule has 1 aliphatic carbocycles. The normalized spacial score (nSPS) is 18.2. The fourth-order valence-corrected chi connectivity index (χ4v) is 4.06. The standard InChI is InChI=1S/C30H30N6O/c1-4-24-26(16-7-19(2)31)35-28(33-24)20-8-12-22(13-9-20)37-23-14-10-21(11-15-23)29-34-25-6-5-17-30(3,32)18-27(25)36-29/h4-18H,31-32H2,1-3H3,(H,33,35)(H,34,36)/b19-7+,24-4+,26-16+. The first-order valence-electron chi connectivity index (χ1n) is 12.1. The Morgan fingerprint density at radius 1 is 0.946 bits per heavy atom. The molecule has 186 valence electrons. The van der Waals surface area contributed by atoms with Crippen LogP contribution in [0, 0.1) is 0 Å². The van der Waals surface area contributed by atoms with Gasteiger partial charge in [-0.2, -0.15) is 0 Å². The molecule has 0 radical (unpaired) electrons. The van der Waals surface area contributed by atoms with Crippen molar-refractivity contribution in [3.05, 3.63) is 93.9 Å². The van der Waals surface area contributed by atoms with Gasteiger partial charge < -0.3 is 26.2 Å². The van der Waals surface area contributed by atoms with Gasteiger partial charge >= 0.3 is 0 Å². The van der Waals surface area contributed by atoms with E-state index in [1.54, 1.807) is 0 Å². The van der Waals surface area contributed by atoms with E-state index >= 15 is 0 Å². The second-order valence-electron chi connectivity index (χ2n) is 9.32. The van der Waals surface area contributed by atoms with Crippen molar-refractivity contribution in [1.29, 1.82) is 0 Å². The number of imidazole rings is 2. The number of H-pyrrole nitrogens is 2. The molecule has 2 aromatic heterocycles. The molecular weight excluding hydrogens is 460 g/mol. The highest BCUT2D eigenvalue weighted by atomic mass is 16.5. The molecule has 1 unspecified atom stereocenters. The Morgan fingerprint density at radius 3 is 2.16 bits per heavy atom. The molecule has 2 heterocycles. The van der Waals surface area contributed by atoms with Gasteiger partial charge in [0.25, 0.3) is 0 Å². The minimum absolute atomic E-state index is 0.531. The Kier molecular flexibility index (Phi) is 6.38. The van der Waals surface area contributed by atoms with Crippen molar-refractivity contribution in [2.75, 3.05) is 0 Å². The molecule has 0 spiro atoms. The lowest BCUT2D eigenvalue weighted by Crippen LogP contribution is -2.35. The number of hydrogen-bond donors (Lipinski definition) is 4. The van der Waals surface area contributed by atoms with Crippen LogP contribution in [0.3, 0.4) is 0 Å². The monoisotopic (exact) mass is 490 g/mol. The number of rotatable bonds is 5. The molecule has 2 aromatic carbocycles. The number of allylic oxidation sites excluding steroid dienone is 3. The van der Waals surface area contributed by atoms with E-state index in [9.17, 15) is 0 Å². The van der Waals surface area contributed by atoms with Crippen molar-refractivity contribution < 1.29 is 4.74 Å². The van der Waals surface area contributed by atoms with E-state index in [4.69, 9.17) is 21.2 Å². The summed E-state index contributed by atoms with van der Waals surface area (Å²) in [5.74, 6) is 3.05. The number of benzene rings is 2. The van der Waals surface area contributed by atoms with E-state index in [-0.39, 0.29) is 0 Å². The van der Waals surface area contributed by atoms with Crippen LogP contribution in [0.15, 0.2) is 72.5 Å². The second kappa shape index (κ2) is 9.79. The molecule has 0 saturated heterocycles. The highest BCUT2D eigenvalue weighted by molar-refractivity contribution is 5.60. The van der Waals surface area contributed by atoms with Crippen molar-refractivity contribution in [3.8, 4) is 34.3 Å². The van der Waals surface area contributed by atoms with Crippen LogP contribution in [0.25, 0.3) is 47.1 Å². The summed E-state index contributed by atoms with van der Waals surface area (Å²) in [6.45, 7) is 5.77. The number of fused-ring (bicyclic) bond motifs is 1. The predicted molar refractivity (Wildman–Crippen MR) is 150 cm³/mol. The summed E-state index contributed by atoms with van der Waals surface area (Å²) in [7, 11) is 0. The van der Waals surface area contributed by atoms with E-state index in [1.165, 1.54) is 0 Å². The molecule has 6 N–H and O–H groups in total. The number of hydrogen-bond acceptors (Lipinski definition) is 5. The maximum Gasteiger partial charge on any atom is 0.138 e. The SMILES string of the molecule is C/C=c1/nc(-c2ccc(Oc3ccc(-c4nc5c([nH]4)=CC=CC(C)(N)C=5)cc3)cc2)[nH]/c1=C/C=C(\C)N. The van der Waals surface area contributed by atoms with Gasteiger partial charge in [-0.05, 0) is 93.6 Å². The molecule has 0 bridgehead atoms. The molecule has 4 aromatic rings. The van der Waals surface area contributed by atoms with Gasteiger partial charge in [0.05, 0.1) is 26.9 Å². The lowest BCUT2D eigenvalue weighted by molar-refractivity contribution is 0.483. The first kappa shape index (κ1) is 24.1.